The molecular formula is C10H27N5. The minimum atomic E-state index is 0.190. The van der Waals surface area contributed by atoms with Crippen molar-refractivity contribution in [1.29, 1.82) is 0 Å². The lowest BCUT2D eigenvalue weighted by atomic mass is 10.1. The number of nitrogens with two attached hydrogens (primary N) is 4. The van der Waals surface area contributed by atoms with Crippen LogP contribution < -0.4 is 28.3 Å². The maximum Gasteiger partial charge on any atom is 0.0165 e. The Balaban J connectivity index is 3.27. The van der Waals surface area contributed by atoms with E-state index in [0.717, 1.165) is 38.8 Å². The van der Waals surface area contributed by atoms with Crippen LogP contribution in [0.15, 0.2) is 0 Å². The van der Waals surface area contributed by atoms with Gasteiger partial charge in [0.1, 0.15) is 0 Å². The van der Waals surface area contributed by atoms with E-state index in [4.69, 9.17) is 22.9 Å². The average molecular weight is 217 g/mol. The highest BCUT2D eigenvalue weighted by Gasteiger charge is 2.04. The number of hydrogen-bond acceptors (Lipinski definition) is 5. The van der Waals surface area contributed by atoms with Crippen molar-refractivity contribution in [1.82, 2.24) is 5.32 Å². The molecule has 0 saturated carbocycles. The van der Waals surface area contributed by atoms with Gasteiger partial charge in [0, 0.05) is 25.2 Å². The molecule has 0 aliphatic heterocycles. The second-order valence-electron chi connectivity index (χ2n) is 4.04. The Kier molecular flexibility index (Phi) is 10.2. The Hall–Kier alpha value is -0.200. The number of hydrogen-bond donors (Lipinski definition) is 5. The zero-order valence-electron chi connectivity index (χ0n) is 9.62. The van der Waals surface area contributed by atoms with Crippen LogP contribution in [0.2, 0.25) is 0 Å². The van der Waals surface area contributed by atoms with Gasteiger partial charge in [0.2, 0.25) is 0 Å². The lowest BCUT2D eigenvalue weighted by Crippen LogP contribution is -2.40. The summed E-state index contributed by atoms with van der Waals surface area (Å²) in [6.07, 6.45) is 3.92. The van der Waals surface area contributed by atoms with E-state index in [1.807, 2.05) is 0 Å². The van der Waals surface area contributed by atoms with E-state index in [1.54, 1.807) is 0 Å². The van der Waals surface area contributed by atoms with Gasteiger partial charge >= 0.3 is 0 Å². The third kappa shape index (κ3) is 10.1. The van der Waals surface area contributed by atoms with Gasteiger partial charge in [0.05, 0.1) is 0 Å². The van der Waals surface area contributed by atoms with Gasteiger partial charge < -0.3 is 28.3 Å². The summed E-state index contributed by atoms with van der Waals surface area (Å²) in [5.41, 5.74) is 22.5. The molecule has 0 amide bonds. The largest absolute Gasteiger partial charge is 0.330 e. The van der Waals surface area contributed by atoms with Crippen molar-refractivity contribution in [2.24, 2.45) is 22.9 Å². The molecule has 9 N–H and O–H groups in total. The second-order valence-corrected chi connectivity index (χ2v) is 4.04. The fraction of sp³-hybridized carbons (Fsp3) is 1.00. The van der Waals surface area contributed by atoms with Crippen molar-refractivity contribution in [3.63, 3.8) is 0 Å². The molecule has 0 rings (SSSR count). The maximum absolute atomic E-state index is 5.87. The molecule has 0 heterocycles. The van der Waals surface area contributed by atoms with Gasteiger partial charge in [0.25, 0.3) is 0 Å². The monoisotopic (exact) mass is 217 g/mol. The molecule has 0 aromatic carbocycles. The van der Waals surface area contributed by atoms with Crippen molar-refractivity contribution >= 4 is 0 Å². The van der Waals surface area contributed by atoms with Gasteiger partial charge in [0.15, 0.2) is 0 Å². The molecule has 0 saturated heterocycles. The minimum Gasteiger partial charge on any atom is -0.330 e. The third-order valence-corrected chi connectivity index (χ3v) is 2.37. The zero-order chi connectivity index (χ0) is 11.5. The highest BCUT2D eigenvalue weighted by molar-refractivity contribution is 4.69. The van der Waals surface area contributed by atoms with E-state index in [9.17, 15) is 0 Å². The topological polar surface area (TPSA) is 116 Å². The van der Waals surface area contributed by atoms with E-state index in [0.29, 0.717) is 13.1 Å². The molecule has 5 heteroatoms. The van der Waals surface area contributed by atoms with E-state index >= 15 is 0 Å². The third-order valence-electron chi connectivity index (χ3n) is 2.37. The molecule has 2 unspecified atom stereocenters. The maximum atomic E-state index is 5.87. The molecule has 15 heavy (non-hydrogen) atoms. The summed E-state index contributed by atoms with van der Waals surface area (Å²) in [7, 11) is 0. The van der Waals surface area contributed by atoms with Crippen LogP contribution in [0.1, 0.15) is 25.7 Å². The first kappa shape index (κ1) is 14.8. The van der Waals surface area contributed by atoms with Crippen molar-refractivity contribution in [2.45, 2.75) is 37.8 Å². The quantitative estimate of drug-likeness (QED) is 0.312. The average Bonchev–Trinajstić information content (AvgIpc) is 2.23. The van der Waals surface area contributed by atoms with Gasteiger partial charge in [-0.25, -0.2) is 0 Å². The summed E-state index contributed by atoms with van der Waals surface area (Å²) >= 11 is 0. The van der Waals surface area contributed by atoms with Gasteiger partial charge in [-0.1, -0.05) is 0 Å². The fourth-order valence-corrected chi connectivity index (χ4v) is 1.42. The first-order valence-electron chi connectivity index (χ1n) is 5.82. The van der Waals surface area contributed by atoms with Gasteiger partial charge in [-0.15, -0.1) is 0 Å². The van der Waals surface area contributed by atoms with Crippen LogP contribution >= 0.6 is 0 Å². The van der Waals surface area contributed by atoms with Crippen LogP contribution in [0, 0.1) is 0 Å². The Morgan fingerprint density at radius 1 is 0.800 bits per heavy atom. The van der Waals surface area contributed by atoms with Gasteiger partial charge in [-0.2, -0.15) is 0 Å². The molecule has 0 fully saturated rings. The van der Waals surface area contributed by atoms with E-state index in [1.165, 1.54) is 0 Å². The van der Waals surface area contributed by atoms with Crippen LogP contribution in [0.5, 0.6) is 0 Å². The standard InChI is InChI=1S/C10H27N5/c11-5-1-3-9(13)7-15-8-10(14)4-2-6-12/h9-10,15H,1-8,11-14H2. The molecule has 2 atom stereocenters. The minimum absolute atomic E-state index is 0.190. The molecular weight excluding hydrogens is 190 g/mol. The van der Waals surface area contributed by atoms with Crippen molar-refractivity contribution in [2.75, 3.05) is 26.2 Å². The Morgan fingerprint density at radius 2 is 1.20 bits per heavy atom. The van der Waals surface area contributed by atoms with E-state index in [-0.39, 0.29) is 12.1 Å². The van der Waals surface area contributed by atoms with Gasteiger partial charge in [-0.05, 0) is 38.8 Å². The van der Waals surface area contributed by atoms with Crippen LogP contribution in [-0.4, -0.2) is 38.3 Å². The Morgan fingerprint density at radius 3 is 1.53 bits per heavy atom. The van der Waals surface area contributed by atoms with Crippen LogP contribution in [0.4, 0.5) is 0 Å². The van der Waals surface area contributed by atoms with Crippen molar-refractivity contribution in [3.05, 3.63) is 0 Å². The van der Waals surface area contributed by atoms with E-state index in [2.05, 4.69) is 5.32 Å². The lowest BCUT2D eigenvalue weighted by molar-refractivity contribution is 0.487. The summed E-state index contributed by atoms with van der Waals surface area (Å²) in [5, 5.41) is 3.27. The molecule has 5 nitrogen and oxygen atoms in total. The highest BCUT2D eigenvalue weighted by Crippen LogP contribution is 1.93. The molecule has 0 bridgehead atoms. The van der Waals surface area contributed by atoms with Crippen molar-refractivity contribution in [3.8, 4) is 0 Å². The second kappa shape index (κ2) is 10.3. The van der Waals surface area contributed by atoms with Crippen molar-refractivity contribution < 1.29 is 0 Å². The zero-order valence-corrected chi connectivity index (χ0v) is 9.62. The Labute approximate surface area is 92.9 Å². The smallest absolute Gasteiger partial charge is 0.0165 e. The predicted octanol–water partition coefficient (Wildman–Crippen LogP) is -1.29. The fourth-order valence-electron chi connectivity index (χ4n) is 1.42. The first-order chi connectivity index (χ1) is 7.20. The molecule has 0 spiro atoms. The normalized spacial score (nSPS) is 15.2. The molecule has 92 valence electrons. The molecule has 0 aliphatic carbocycles. The predicted molar refractivity (Wildman–Crippen MR) is 65.4 cm³/mol. The van der Waals surface area contributed by atoms with Gasteiger partial charge in [-0.3, -0.25) is 0 Å². The summed E-state index contributed by atoms with van der Waals surface area (Å²) in [6, 6.07) is 0.380. The first-order valence-corrected chi connectivity index (χ1v) is 5.82. The molecule has 0 aromatic rings. The molecule has 0 aliphatic rings. The number of rotatable bonds is 10. The lowest BCUT2D eigenvalue weighted by Gasteiger charge is -2.15. The SMILES string of the molecule is NCCCC(N)CNCC(N)CCCN. The van der Waals surface area contributed by atoms with E-state index < -0.39 is 0 Å². The molecule has 0 aromatic heterocycles. The summed E-state index contributed by atoms with van der Waals surface area (Å²) in [4.78, 5) is 0. The molecule has 0 radical (unpaired) electrons. The Bertz CT molecular complexity index is 117. The summed E-state index contributed by atoms with van der Waals surface area (Å²) < 4.78 is 0. The highest BCUT2D eigenvalue weighted by atomic mass is 14.9. The summed E-state index contributed by atoms with van der Waals surface area (Å²) in [5.74, 6) is 0. The van der Waals surface area contributed by atoms with Crippen LogP contribution in [0.3, 0.4) is 0 Å². The number of nitrogens with one attached hydrogen (secondary N) is 1. The van der Waals surface area contributed by atoms with Crippen LogP contribution in [-0.2, 0) is 0 Å². The summed E-state index contributed by atoms with van der Waals surface area (Å²) in [6.45, 7) is 3.06. The van der Waals surface area contributed by atoms with Crippen LogP contribution in [0.25, 0.3) is 0 Å².